The van der Waals surface area contributed by atoms with Gasteiger partial charge in [0, 0.05) is 18.5 Å². The first-order chi connectivity index (χ1) is 7.31. The normalized spacial score (nSPS) is 10.1. The van der Waals surface area contributed by atoms with E-state index >= 15 is 0 Å². The van der Waals surface area contributed by atoms with Crippen molar-refractivity contribution in [1.82, 2.24) is 9.97 Å². The molecule has 0 bridgehead atoms. The van der Waals surface area contributed by atoms with E-state index in [0.717, 1.165) is 17.2 Å². The van der Waals surface area contributed by atoms with Gasteiger partial charge in [0.25, 0.3) is 0 Å². The Morgan fingerprint density at radius 1 is 1.60 bits per heavy atom. The minimum absolute atomic E-state index is 0.511. The molecular formula is C11H11N3S. The molecule has 0 spiro atoms. The van der Waals surface area contributed by atoms with Crippen LogP contribution in [0.2, 0.25) is 0 Å². The number of hydrogen-bond acceptors (Lipinski definition) is 3. The summed E-state index contributed by atoms with van der Waals surface area (Å²) in [4.78, 5) is 8.88. The first-order valence-corrected chi connectivity index (χ1v) is 5.65. The highest BCUT2D eigenvalue weighted by molar-refractivity contribution is 7.13. The summed E-state index contributed by atoms with van der Waals surface area (Å²) in [5.74, 6) is 0.900. The number of nitrogens with zero attached hydrogens (tertiary/aromatic N) is 2. The van der Waals surface area contributed by atoms with Gasteiger partial charge in [0.15, 0.2) is 0 Å². The molecule has 76 valence electrons. The molecule has 0 atom stereocenters. The van der Waals surface area contributed by atoms with Crippen molar-refractivity contribution >= 4 is 11.3 Å². The predicted molar refractivity (Wildman–Crippen MR) is 60.6 cm³/mol. The van der Waals surface area contributed by atoms with Crippen molar-refractivity contribution in [2.24, 2.45) is 0 Å². The number of aromatic nitrogens is 2. The topological polar surface area (TPSA) is 52.5 Å². The Morgan fingerprint density at radius 2 is 2.47 bits per heavy atom. The van der Waals surface area contributed by atoms with Gasteiger partial charge in [-0.25, -0.2) is 4.98 Å². The fourth-order valence-corrected chi connectivity index (χ4v) is 2.24. The zero-order chi connectivity index (χ0) is 10.7. The Morgan fingerprint density at radius 3 is 3.13 bits per heavy atom. The molecule has 0 aromatic carbocycles. The number of rotatable bonds is 3. The number of nitrogens with one attached hydrogen (secondary N) is 1. The maximum Gasteiger partial charge on any atom is 0.108 e. The Kier molecular flexibility index (Phi) is 2.84. The van der Waals surface area contributed by atoms with Crippen molar-refractivity contribution in [2.75, 3.05) is 0 Å². The summed E-state index contributed by atoms with van der Waals surface area (Å²) in [7, 11) is 0. The van der Waals surface area contributed by atoms with Gasteiger partial charge in [-0.2, -0.15) is 5.26 Å². The molecular weight excluding hydrogens is 206 g/mol. The Labute approximate surface area is 92.4 Å². The molecule has 0 aliphatic rings. The number of aryl methyl sites for hydroxylation is 2. The Balaban J connectivity index is 2.27. The zero-order valence-corrected chi connectivity index (χ0v) is 9.27. The van der Waals surface area contributed by atoms with Gasteiger partial charge in [0.05, 0.1) is 10.9 Å². The van der Waals surface area contributed by atoms with Crippen molar-refractivity contribution in [1.29, 1.82) is 5.26 Å². The standard InChI is InChI=1S/C11H11N3S/c1-8-11(9-4-3-7-15-9)14-10(13-8)5-2-6-12/h3-4,7H,2,5H2,1H3,(H,13,14). The molecule has 2 heterocycles. The van der Waals surface area contributed by atoms with Crippen molar-refractivity contribution < 1.29 is 0 Å². The highest BCUT2D eigenvalue weighted by atomic mass is 32.1. The Bertz CT molecular complexity index is 476. The van der Waals surface area contributed by atoms with Gasteiger partial charge in [0.2, 0.25) is 0 Å². The molecule has 2 aromatic rings. The van der Waals surface area contributed by atoms with Crippen molar-refractivity contribution in [2.45, 2.75) is 19.8 Å². The molecule has 0 aliphatic heterocycles. The van der Waals surface area contributed by atoms with Crippen LogP contribution in [0.4, 0.5) is 0 Å². The molecule has 4 heteroatoms. The van der Waals surface area contributed by atoms with E-state index in [2.05, 4.69) is 22.1 Å². The second-order valence-electron chi connectivity index (χ2n) is 3.29. The monoisotopic (exact) mass is 217 g/mol. The molecule has 1 N–H and O–H groups in total. The molecule has 0 saturated carbocycles. The van der Waals surface area contributed by atoms with Gasteiger partial charge in [-0.3, -0.25) is 0 Å². The fourth-order valence-electron chi connectivity index (χ4n) is 1.47. The highest BCUT2D eigenvalue weighted by Crippen LogP contribution is 2.25. The number of thiophene rings is 1. The van der Waals surface area contributed by atoms with Gasteiger partial charge in [-0.15, -0.1) is 11.3 Å². The predicted octanol–water partition coefficient (Wildman–Crippen LogP) is 2.90. The quantitative estimate of drug-likeness (QED) is 0.859. The molecule has 0 unspecified atom stereocenters. The van der Waals surface area contributed by atoms with Crippen molar-refractivity contribution in [3.8, 4) is 16.6 Å². The Hall–Kier alpha value is -1.60. The second kappa shape index (κ2) is 4.28. The summed E-state index contributed by atoms with van der Waals surface area (Å²) in [6.07, 6.45) is 1.21. The second-order valence-corrected chi connectivity index (χ2v) is 4.24. The molecule has 0 fully saturated rings. The van der Waals surface area contributed by atoms with E-state index in [1.165, 1.54) is 4.88 Å². The molecule has 0 amide bonds. The SMILES string of the molecule is Cc1[nH]c(CCC#N)nc1-c1cccs1. The van der Waals surface area contributed by atoms with Crippen LogP contribution in [0.25, 0.3) is 10.6 Å². The van der Waals surface area contributed by atoms with Crippen LogP contribution in [-0.2, 0) is 6.42 Å². The number of aromatic amines is 1. The van der Waals surface area contributed by atoms with Crippen LogP contribution in [0.5, 0.6) is 0 Å². The van der Waals surface area contributed by atoms with Gasteiger partial charge >= 0.3 is 0 Å². The van der Waals surface area contributed by atoms with Gasteiger partial charge in [0.1, 0.15) is 11.5 Å². The van der Waals surface area contributed by atoms with E-state index in [9.17, 15) is 0 Å². The first kappa shape index (κ1) is 9.94. The van der Waals surface area contributed by atoms with Crippen LogP contribution in [0.1, 0.15) is 17.9 Å². The van der Waals surface area contributed by atoms with Crippen molar-refractivity contribution in [3.63, 3.8) is 0 Å². The van der Waals surface area contributed by atoms with Crippen LogP contribution < -0.4 is 0 Å². The lowest BCUT2D eigenvalue weighted by atomic mass is 10.3. The maximum atomic E-state index is 8.50. The lowest BCUT2D eigenvalue weighted by Gasteiger charge is -1.90. The van der Waals surface area contributed by atoms with E-state index in [4.69, 9.17) is 5.26 Å². The summed E-state index contributed by atoms with van der Waals surface area (Å²) >= 11 is 1.68. The number of H-pyrrole nitrogens is 1. The van der Waals surface area contributed by atoms with Gasteiger partial charge < -0.3 is 4.98 Å². The molecule has 2 aromatic heterocycles. The lowest BCUT2D eigenvalue weighted by Crippen LogP contribution is -1.85. The van der Waals surface area contributed by atoms with E-state index in [0.29, 0.717) is 12.8 Å². The minimum atomic E-state index is 0.511. The molecule has 3 nitrogen and oxygen atoms in total. The van der Waals surface area contributed by atoms with E-state index in [1.807, 2.05) is 18.4 Å². The third kappa shape index (κ3) is 2.08. The summed E-state index contributed by atoms with van der Waals surface area (Å²) in [5.41, 5.74) is 2.09. The van der Waals surface area contributed by atoms with E-state index in [1.54, 1.807) is 11.3 Å². The summed E-state index contributed by atoms with van der Waals surface area (Å²) in [6.45, 7) is 2.01. The third-order valence-corrected chi connectivity index (χ3v) is 3.04. The summed E-state index contributed by atoms with van der Waals surface area (Å²) in [5, 5.41) is 10.5. The number of nitriles is 1. The average Bonchev–Trinajstić information content (AvgIpc) is 2.83. The largest absolute Gasteiger partial charge is 0.346 e. The van der Waals surface area contributed by atoms with Gasteiger partial charge in [-0.1, -0.05) is 6.07 Å². The molecule has 0 radical (unpaired) electrons. The molecule has 0 aliphatic carbocycles. The highest BCUT2D eigenvalue weighted by Gasteiger charge is 2.08. The molecule has 0 saturated heterocycles. The van der Waals surface area contributed by atoms with Crippen molar-refractivity contribution in [3.05, 3.63) is 29.0 Å². The average molecular weight is 217 g/mol. The third-order valence-electron chi connectivity index (χ3n) is 2.16. The smallest absolute Gasteiger partial charge is 0.108 e. The van der Waals surface area contributed by atoms with E-state index < -0.39 is 0 Å². The van der Waals surface area contributed by atoms with Gasteiger partial charge in [-0.05, 0) is 18.4 Å². The molecule has 2 rings (SSSR count). The van der Waals surface area contributed by atoms with Crippen LogP contribution in [-0.4, -0.2) is 9.97 Å². The van der Waals surface area contributed by atoms with Crippen LogP contribution >= 0.6 is 11.3 Å². The summed E-state index contributed by atoms with van der Waals surface area (Å²) < 4.78 is 0. The minimum Gasteiger partial charge on any atom is -0.346 e. The molecule has 15 heavy (non-hydrogen) atoms. The first-order valence-electron chi connectivity index (χ1n) is 4.77. The lowest BCUT2D eigenvalue weighted by molar-refractivity contribution is 0.913. The number of imidazole rings is 1. The fraction of sp³-hybridized carbons (Fsp3) is 0.273. The maximum absolute atomic E-state index is 8.50. The van der Waals surface area contributed by atoms with Crippen LogP contribution in [0.3, 0.4) is 0 Å². The number of hydrogen-bond donors (Lipinski definition) is 1. The van der Waals surface area contributed by atoms with Crippen LogP contribution in [0, 0.1) is 18.3 Å². The summed E-state index contributed by atoms with van der Waals surface area (Å²) in [6, 6.07) is 6.20. The van der Waals surface area contributed by atoms with E-state index in [-0.39, 0.29) is 0 Å². The van der Waals surface area contributed by atoms with Crippen LogP contribution in [0.15, 0.2) is 17.5 Å². The zero-order valence-electron chi connectivity index (χ0n) is 8.45.